The summed E-state index contributed by atoms with van der Waals surface area (Å²) in [5.74, 6) is -0.687. The molecule has 9 heteroatoms. The number of rotatable bonds is 5. The van der Waals surface area contributed by atoms with Gasteiger partial charge in [-0.3, -0.25) is 4.79 Å². The second-order valence-corrected chi connectivity index (χ2v) is 8.51. The lowest BCUT2D eigenvalue weighted by atomic mass is 10.0. The van der Waals surface area contributed by atoms with E-state index in [0.717, 1.165) is 5.56 Å². The van der Waals surface area contributed by atoms with Gasteiger partial charge in [-0.25, -0.2) is 0 Å². The van der Waals surface area contributed by atoms with Gasteiger partial charge in [0.1, 0.15) is 5.76 Å². The van der Waals surface area contributed by atoms with Gasteiger partial charge in [0.2, 0.25) is 0 Å². The average molecular weight is 472 g/mol. The summed E-state index contributed by atoms with van der Waals surface area (Å²) in [5.41, 5.74) is -5.11. The molecule has 0 aliphatic heterocycles. The van der Waals surface area contributed by atoms with E-state index in [-0.39, 0.29) is 16.7 Å². The smallest absolute Gasteiger partial charge is 0.452 e. The van der Waals surface area contributed by atoms with Crippen LogP contribution in [0.2, 0.25) is 0 Å². The van der Waals surface area contributed by atoms with E-state index >= 15 is 0 Å². The molecule has 1 aromatic heterocycles. The van der Waals surface area contributed by atoms with Crippen molar-refractivity contribution in [3.63, 3.8) is 0 Å². The normalized spacial score (nSPS) is 12.0. The first-order valence-corrected chi connectivity index (χ1v) is 10.9. The van der Waals surface area contributed by atoms with Crippen LogP contribution in [0, 0.1) is 0 Å². The van der Waals surface area contributed by atoms with Gasteiger partial charge in [-0.05, 0) is 23.3 Å². The molecule has 0 radical (unpaired) electrons. The Hall–Kier alpha value is -3.85. The predicted molar refractivity (Wildman–Crippen MR) is 119 cm³/mol. The molecule has 0 spiro atoms. The zero-order valence-corrected chi connectivity index (χ0v) is 17.6. The zero-order chi connectivity index (χ0) is 23.8. The summed E-state index contributed by atoms with van der Waals surface area (Å²) in [7, 11) is -6.05. The third kappa shape index (κ3) is 4.27. The van der Waals surface area contributed by atoms with Gasteiger partial charge in [0.25, 0.3) is 0 Å². The second kappa shape index (κ2) is 8.25. The van der Waals surface area contributed by atoms with Crippen LogP contribution in [0.1, 0.15) is 5.56 Å². The summed E-state index contributed by atoms with van der Waals surface area (Å²) < 4.78 is 73.6. The molecule has 0 aliphatic rings. The van der Waals surface area contributed by atoms with Gasteiger partial charge >= 0.3 is 15.6 Å². The number of benzene rings is 3. The Morgan fingerprint density at radius 3 is 2.18 bits per heavy atom. The molecule has 0 atom stereocenters. The molecule has 1 heterocycles. The minimum atomic E-state index is -6.05. The highest BCUT2D eigenvalue weighted by molar-refractivity contribution is 7.88. The monoisotopic (exact) mass is 472 g/mol. The Labute approximate surface area is 186 Å². The predicted octanol–water partition coefficient (Wildman–Crippen LogP) is 6.00. The zero-order valence-electron chi connectivity index (χ0n) is 16.8. The Morgan fingerprint density at radius 1 is 0.909 bits per heavy atom. The first kappa shape index (κ1) is 22.3. The van der Waals surface area contributed by atoms with E-state index in [2.05, 4.69) is 10.8 Å². The molecule has 3 aromatic carbocycles. The van der Waals surface area contributed by atoms with Crippen molar-refractivity contribution < 1.29 is 30.2 Å². The molecule has 0 aliphatic carbocycles. The number of alkyl halides is 3. The summed E-state index contributed by atoms with van der Waals surface area (Å²) in [4.78, 5) is 12.7. The summed E-state index contributed by atoms with van der Waals surface area (Å²) in [6, 6.07) is 18.6. The highest BCUT2D eigenvalue weighted by Gasteiger charge is 2.49. The van der Waals surface area contributed by atoms with Gasteiger partial charge < -0.3 is 8.60 Å². The molecule has 0 unspecified atom stereocenters. The lowest BCUT2D eigenvalue weighted by Gasteiger charge is -2.15. The van der Waals surface area contributed by atoms with E-state index in [1.54, 1.807) is 60.7 Å². The van der Waals surface area contributed by atoms with Crippen LogP contribution in [0.4, 0.5) is 13.2 Å². The van der Waals surface area contributed by atoms with Gasteiger partial charge in [0.05, 0.1) is 5.39 Å². The first-order chi connectivity index (χ1) is 15.6. The molecule has 0 bridgehead atoms. The fourth-order valence-corrected chi connectivity index (χ4v) is 3.68. The SMILES string of the molecule is C=Cc1ccc(-c2ccc3c(=O)cc(-c4ccccc4)oc3c2OS(=O)(=O)C(F)(F)F)cc1. The maximum absolute atomic E-state index is 13.2. The Bertz CT molecular complexity index is 1500. The number of hydrogen-bond acceptors (Lipinski definition) is 5. The summed E-state index contributed by atoms with van der Waals surface area (Å²) >= 11 is 0. The van der Waals surface area contributed by atoms with E-state index in [9.17, 15) is 26.4 Å². The maximum Gasteiger partial charge on any atom is 0.534 e. The summed E-state index contributed by atoms with van der Waals surface area (Å²) in [6.45, 7) is 3.64. The van der Waals surface area contributed by atoms with Gasteiger partial charge in [-0.1, -0.05) is 67.3 Å². The van der Waals surface area contributed by atoms with Crippen molar-refractivity contribution in [2.24, 2.45) is 0 Å². The molecule has 0 fully saturated rings. The highest BCUT2D eigenvalue weighted by atomic mass is 32.2. The number of halogens is 3. The second-order valence-electron chi connectivity index (χ2n) is 6.97. The van der Waals surface area contributed by atoms with Crippen molar-refractivity contribution in [3.8, 4) is 28.2 Å². The van der Waals surface area contributed by atoms with Crippen LogP contribution >= 0.6 is 0 Å². The quantitative estimate of drug-likeness (QED) is 0.263. The Kier molecular flexibility index (Phi) is 5.59. The lowest BCUT2D eigenvalue weighted by Crippen LogP contribution is -2.28. The van der Waals surface area contributed by atoms with Crippen molar-refractivity contribution >= 4 is 27.2 Å². The van der Waals surface area contributed by atoms with Crippen LogP contribution in [0.3, 0.4) is 0 Å². The molecule has 0 N–H and O–H groups in total. The number of hydrogen-bond donors (Lipinski definition) is 0. The van der Waals surface area contributed by atoms with Crippen molar-refractivity contribution in [3.05, 3.63) is 95.2 Å². The Morgan fingerprint density at radius 2 is 1.58 bits per heavy atom. The third-order valence-electron chi connectivity index (χ3n) is 4.84. The molecule has 0 saturated carbocycles. The van der Waals surface area contributed by atoms with Crippen LogP contribution in [0.15, 0.2) is 88.6 Å². The van der Waals surface area contributed by atoms with Crippen LogP contribution in [0.5, 0.6) is 5.75 Å². The van der Waals surface area contributed by atoms with E-state index in [1.165, 1.54) is 18.2 Å². The van der Waals surface area contributed by atoms with Gasteiger partial charge in [-0.2, -0.15) is 21.6 Å². The van der Waals surface area contributed by atoms with Crippen molar-refractivity contribution in [2.45, 2.75) is 5.51 Å². The minimum absolute atomic E-state index is 0.000649. The first-order valence-electron chi connectivity index (χ1n) is 9.50. The molecule has 0 amide bonds. The van der Waals surface area contributed by atoms with Crippen LogP contribution < -0.4 is 9.61 Å². The molecular formula is C24H15F3O5S. The van der Waals surface area contributed by atoms with E-state index in [1.807, 2.05) is 0 Å². The average Bonchev–Trinajstić information content (AvgIpc) is 2.79. The van der Waals surface area contributed by atoms with Crippen LogP contribution in [-0.2, 0) is 10.1 Å². The van der Waals surface area contributed by atoms with E-state index in [4.69, 9.17) is 4.42 Å². The maximum atomic E-state index is 13.2. The van der Waals surface area contributed by atoms with Crippen molar-refractivity contribution in [2.75, 3.05) is 0 Å². The van der Waals surface area contributed by atoms with Gasteiger partial charge in [-0.15, -0.1) is 0 Å². The molecule has 0 saturated heterocycles. The third-order valence-corrected chi connectivity index (χ3v) is 5.80. The summed E-state index contributed by atoms with van der Waals surface area (Å²) in [5, 5.41) is -0.131. The molecule has 5 nitrogen and oxygen atoms in total. The molecule has 4 aromatic rings. The van der Waals surface area contributed by atoms with Gasteiger partial charge in [0, 0.05) is 17.2 Å². The minimum Gasteiger partial charge on any atom is -0.452 e. The summed E-state index contributed by atoms with van der Waals surface area (Å²) in [6.07, 6.45) is 1.57. The fraction of sp³-hybridized carbons (Fsp3) is 0.0417. The lowest BCUT2D eigenvalue weighted by molar-refractivity contribution is -0.0499. The molecule has 4 rings (SSSR count). The van der Waals surface area contributed by atoms with Crippen molar-refractivity contribution in [1.29, 1.82) is 0 Å². The van der Waals surface area contributed by atoms with Gasteiger partial charge in [0.15, 0.2) is 16.8 Å². The standard InChI is InChI=1S/C24H15F3O5S/c1-2-15-8-10-16(11-9-15)18-12-13-19-20(28)14-21(17-6-4-3-5-7-17)31-22(19)23(18)32-33(29,30)24(25,26)27/h2-14H,1H2. The number of fused-ring (bicyclic) bond motifs is 1. The Balaban J connectivity index is 2.04. The highest BCUT2D eigenvalue weighted by Crippen LogP contribution is 2.40. The van der Waals surface area contributed by atoms with Crippen LogP contribution in [-0.4, -0.2) is 13.9 Å². The largest absolute Gasteiger partial charge is 0.534 e. The molecular weight excluding hydrogens is 457 g/mol. The fourth-order valence-electron chi connectivity index (χ4n) is 3.20. The van der Waals surface area contributed by atoms with Crippen molar-refractivity contribution in [1.82, 2.24) is 0 Å². The van der Waals surface area contributed by atoms with E-state index < -0.39 is 32.4 Å². The topological polar surface area (TPSA) is 73.6 Å². The molecule has 168 valence electrons. The van der Waals surface area contributed by atoms with Crippen LogP contribution in [0.25, 0.3) is 39.5 Å². The van der Waals surface area contributed by atoms with E-state index in [0.29, 0.717) is 11.1 Å². The molecule has 33 heavy (non-hydrogen) atoms.